The Balaban J connectivity index is 1.02. The predicted molar refractivity (Wildman–Crippen MR) is 165 cm³/mol. The first-order chi connectivity index (χ1) is 20.9. The molecule has 2 heterocycles. The van der Waals surface area contributed by atoms with Crippen molar-refractivity contribution in [3.05, 3.63) is 83.7 Å². The van der Waals surface area contributed by atoms with Crippen LogP contribution >= 0.6 is 0 Å². The van der Waals surface area contributed by atoms with Gasteiger partial charge in [0, 0.05) is 6.04 Å². The Labute approximate surface area is 255 Å². The Morgan fingerprint density at radius 2 is 1.86 bits per heavy atom. The normalized spacial score (nSPS) is 21.8. The van der Waals surface area contributed by atoms with Crippen molar-refractivity contribution >= 4 is 17.4 Å². The average molecular weight is 599 g/mol. The molecule has 0 saturated heterocycles. The highest BCUT2D eigenvalue weighted by atomic mass is 16.5. The average Bonchev–Trinajstić information content (AvgIpc) is 3.37. The highest BCUT2D eigenvalue weighted by molar-refractivity contribution is 6.00. The fourth-order valence-electron chi connectivity index (χ4n) is 6.30. The smallest absolute Gasteiger partial charge is 0.325 e. The van der Waals surface area contributed by atoms with Gasteiger partial charge < -0.3 is 30.7 Å². The second kappa shape index (κ2) is 11.3. The number of carbonyl (C=O) groups excluding carboxylic acids is 1. The maximum absolute atomic E-state index is 13.1. The molecule has 0 radical (unpaired) electrons. The van der Waals surface area contributed by atoms with E-state index in [0.717, 1.165) is 48.1 Å². The molecule has 2 aromatic heterocycles. The predicted octanol–water partition coefficient (Wildman–Crippen LogP) is 4.66. The van der Waals surface area contributed by atoms with Crippen LogP contribution in [0.2, 0.25) is 0 Å². The number of amides is 1. The summed E-state index contributed by atoms with van der Waals surface area (Å²) in [6.45, 7) is 5.52. The number of carboxylic acid groups (broad SMARTS) is 1. The van der Waals surface area contributed by atoms with Crippen molar-refractivity contribution in [2.45, 2.75) is 70.2 Å². The second-order valence-corrected chi connectivity index (χ2v) is 13.0. The minimum absolute atomic E-state index is 0.111. The summed E-state index contributed by atoms with van der Waals surface area (Å²) >= 11 is 0. The van der Waals surface area contributed by atoms with Gasteiger partial charge in [-0.15, -0.1) is 0 Å². The van der Waals surface area contributed by atoms with E-state index in [1.807, 2.05) is 43.3 Å². The van der Waals surface area contributed by atoms with Gasteiger partial charge in [-0.1, -0.05) is 30.3 Å². The summed E-state index contributed by atoms with van der Waals surface area (Å²) < 4.78 is 13.7. The molecule has 2 fully saturated rings. The fraction of sp³-hybridized carbons (Fsp3) is 0.382. The number of hydrogen-bond acceptors (Lipinski definition) is 7. The molecule has 4 aromatic rings. The zero-order valence-electron chi connectivity index (χ0n) is 25.1. The van der Waals surface area contributed by atoms with Crippen LogP contribution in [0.1, 0.15) is 67.1 Å². The number of rotatable bonds is 10. The lowest BCUT2D eigenvalue weighted by Crippen LogP contribution is -2.58. The number of nitrogens with zero attached hydrogens (tertiary/aromatic N) is 2. The third kappa shape index (κ3) is 6.13. The zero-order valence-corrected chi connectivity index (χ0v) is 25.1. The molecule has 2 aromatic carbocycles. The number of carboxylic acids is 1. The van der Waals surface area contributed by atoms with Gasteiger partial charge in [0.1, 0.15) is 24.1 Å². The van der Waals surface area contributed by atoms with Crippen LogP contribution in [0, 0.1) is 12.3 Å². The standard InChI is InChI=1S/C34H38N4O6/c1-20-7-8-22(21-5-4-6-23(11-21)30(35)32(40)41)12-29(20)44-26-15-34(16-26)13-24(14-34)37-31(39)27-17-36-38-18-25(9-10-28(27)38)43-19-33(2,3)42/h4-12,17-18,24,26,30,42H,13-16,19,35H2,1-3H3,(H,37,39)(H,40,41). The maximum atomic E-state index is 13.1. The lowest BCUT2D eigenvalue weighted by atomic mass is 9.53. The van der Waals surface area contributed by atoms with E-state index in [-0.39, 0.29) is 30.1 Å². The van der Waals surface area contributed by atoms with Crippen LogP contribution in [0.4, 0.5) is 0 Å². The van der Waals surface area contributed by atoms with Gasteiger partial charge in [0.05, 0.1) is 35.2 Å². The van der Waals surface area contributed by atoms with E-state index in [0.29, 0.717) is 22.4 Å². The van der Waals surface area contributed by atoms with Gasteiger partial charge in [-0.05, 0) is 98.4 Å². The van der Waals surface area contributed by atoms with Crippen molar-refractivity contribution in [3.8, 4) is 22.6 Å². The van der Waals surface area contributed by atoms with Crippen LogP contribution in [0.15, 0.2) is 67.0 Å². The van der Waals surface area contributed by atoms with E-state index >= 15 is 0 Å². The van der Waals surface area contributed by atoms with Gasteiger partial charge >= 0.3 is 5.97 Å². The molecule has 10 nitrogen and oxygen atoms in total. The minimum atomic E-state index is -1.07. The number of fused-ring (bicyclic) bond motifs is 1. The van der Waals surface area contributed by atoms with Crippen molar-refractivity contribution in [1.82, 2.24) is 14.9 Å². The topological polar surface area (TPSA) is 148 Å². The number of hydrogen-bond donors (Lipinski definition) is 4. The summed E-state index contributed by atoms with van der Waals surface area (Å²) in [5, 5.41) is 26.7. The molecule has 5 N–H and O–H groups in total. The molecule has 10 heteroatoms. The van der Waals surface area contributed by atoms with Crippen molar-refractivity contribution in [1.29, 1.82) is 0 Å². The van der Waals surface area contributed by atoms with E-state index in [1.54, 1.807) is 49.0 Å². The third-order valence-electron chi connectivity index (χ3n) is 8.67. The Morgan fingerprint density at radius 3 is 2.59 bits per heavy atom. The molecule has 6 rings (SSSR count). The van der Waals surface area contributed by atoms with Gasteiger partial charge in [-0.2, -0.15) is 5.10 Å². The number of benzene rings is 2. The lowest BCUT2D eigenvalue weighted by molar-refractivity contribution is -0.138. The summed E-state index contributed by atoms with van der Waals surface area (Å²) in [4.78, 5) is 24.4. The van der Waals surface area contributed by atoms with Crippen LogP contribution in [-0.4, -0.2) is 56.1 Å². The molecule has 1 spiro atoms. The Bertz CT molecular complexity index is 1710. The molecule has 230 valence electrons. The van der Waals surface area contributed by atoms with E-state index in [4.69, 9.17) is 15.2 Å². The van der Waals surface area contributed by atoms with Crippen molar-refractivity contribution in [2.24, 2.45) is 11.1 Å². The van der Waals surface area contributed by atoms with Crippen molar-refractivity contribution in [3.63, 3.8) is 0 Å². The number of nitrogens with one attached hydrogen (secondary N) is 1. The molecule has 0 bridgehead atoms. The van der Waals surface area contributed by atoms with Crippen LogP contribution in [0.25, 0.3) is 16.6 Å². The number of aliphatic carboxylic acids is 1. The van der Waals surface area contributed by atoms with Crippen molar-refractivity contribution < 1.29 is 29.3 Å². The molecule has 1 unspecified atom stereocenters. The molecule has 2 saturated carbocycles. The van der Waals surface area contributed by atoms with Crippen LogP contribution < -0.4 is 20.5 Å². The first kappa shape index (κ1) is 29.7. The van der Waals surface area contributed by atoms with E-state index in [2.05, 4.69) is 10.4 Å². The SMILES string of the molecule is Cc1ccc(-c2cccc(C(N)C(=O)O)c2)cc1OC1CC2(CC(NC(=O)c3cnn4cc(OCC(C)(C)O)ccc34)C2)C1. The Kier molecular flexibility index (Phi) is 7.59. The number of pyridine rings is 1. The molecular weight excluding hydrogens is 560 g/mol. The monoisotopic (exact) mass is 598 g/mol. The minimum Gasteiger partial charge on any atom is -0.490 e. The number of aryl methyl sites for hydroxylation is 1. The number of nitrogens with two attached hydrogens (primary N) is 1. The molecule has 1 amide bonds. The van der Waals surface area contributed by atoms with Gasteiger partial charge in [0.25, 0.3) is 5.91 Å². The van der Waals surface area contributed by atoms with E-state index in [9.17, 15) is 19.8 Å². The summed E-state index contributed by atoms with van der Waals surface area (Å²) in [6.07, 6.45) is 7.10. The molecule has 44 heavy (non-hydrogen) atoms. The highest BCUT2D eigenvalue weighted by Gasteiger charge is 2.54. The molecule has 1 atom stereocenters. The molecule has 2 aliphatic carbocycles. The molecular formula is C34H38N4O6. The number of ether oxygens (including phenoxy) is 2. The largest absolute Gasteiger partial charge is 0.490 e. The van der Waals surface area contributed by atoms with Gasteiger partial charge in [0.2, 0.25) is 0 Å². The third-order valence-corrected chi connectivity index (χ3v) is 8.67. The van der Waals surface area contributed by atoms with E-state index < -0.39 is 17.6 Å². The zero-order chi connectivity index (χ0) is 31.2. The maximum Gasteiger partial charge on any atom is 0.325 e. The summed E-state index contributed by atoms with van der Waals surface area (Å²) in [5.74, 6) is 0.180. The lowest BCUT2D eigenvalue weighted by Gasteiger charge is -2.57. The highest BCUT2D eigenvalue weighted by Crippen LogP contribution is 2.57. The fourth-order valence-corrected chi connectivity index (χ4v) is 6.30. The van der Waals surface area contributed by atoms with Crippen LogP contribution in [0.5, 0.6) is 11.5 Å². The first-order valence-corrected chi connectivity index (χ1v) is 14.9. The Morgan fingerprint density at radius 1 is 1.11 bits per heavy atom. The second-order valence-electron chi connectivity index (χ2n) is 13.0. The molecule has 0 aliphatic heterocycles. The quantitative estimate of drug-likeness (QED) is 0.206. The molecule has 2 aliphatic rings. The van der Waals surface area contributed by atoms with Crippen LogP contribution in [-0.2, 0) is 4.79 Å². The number of aromatic nitrogens is 2. The van der Waals surface area contributed by atoms with Gasteiger partial charge in [0.15, 0.2) is 0 Å². The Hall–Kier alpha value is -4.41. The number of aliphatic hydroxyl groups is 1. The number of carbonyl (C=O) groups is 2. The summed E-state index contributed by atoms with van der Waals surface area (Å²) in [5.41, 5.74) is 9.69. The van der Waals surface area contributed by atoms with Gasteiger partial charge in [-0.3, -0.25) is 9.59 Å². The van der Waals surface area contributed by atoms with Crippen molar-refractivity contribution in [2.75, 3.05) is 6.61 Å². The summed E-state index contributed by atoms with van der Waals surface area (Å²) in [6, 6.07) is 15.9. The first-order valence-electron chi connectivity index (χ1n) is 14.9. The van der Waals surface area contributed by atoms with Crippen LogP contribution in [0.3, 0.4) is 0 Å². The van der Waals surface area contributed by atoms with E-state index in [1.165, 1.54) is 0 Å². The summed E-state index contributed by atoms with van der Waals surface area (Å²) in [7, 11) is 0. The van der Waals surface area contributed by atoms with Gasteiger partial charge in [-0.25, -0.2) is 4.52 Å².